The summed E-state index contributed by atoms with van der Waals surface area (Å²) in [7, 11) is 0. The number of aliphatic hydroxyl groups is 1. The largest absolute Gasteiger partial charge is 0.391 e. The van der Waals surface area contributed by atoms with Gasteiger partial charge in [0.2, 0.25) is 5.91 Å². The Kier molecular flexibility index (Phi) is 4.76. The number of hydrogen-bond acceptors (Lipinski definition) is 4. The molecule has 2 saturated heterocycles. The van der Waals surface area contributed by atoms with E-state index in [9.17, 15) is 9.90 Å². The van der Waals surface area contributed by atoms with Crippen molar-refractivity contribution in [3.05, 3.63) is 35.9 Å². The van der Waals surface area contributed by atoms with Gasteiger partial charge in [0, 0.05) is 38.8 Å². The van der Waals surface area contributed by atoms with Crippen molar-refractivity contribution in [3.8, 4) is 0 Å². The summed E-state index contributed by atoms with van der Waals surface area (Å²) in [6.07, 6.45) is 1.03. The van der Waals surface area contributed by atoms with Crippen molar-refractivity contribution >= 4 is 5.91 Å². The molecule has 0 bridgehead atoms. The summed E-state index contributed by atoms with van der Waals surface area (Å²) in [5.41, 5.74) is 0.553. The van der Waals surface area contributed by atoms with Crippen LogP contribution in [-0.4, -0.2) is 50.0 Å². The van der Waals surface area contributed by atoms with Crippen LogP contribution < -0.4 is 10.6 Å². The highest BCUT2D eigenvalue weighted by molar-refractivity contribution is 5.88. The van der Waals surface area contributed by atoms with Gasteiger partial charge in [-0.1, -0.05) is 30.3 Å². The molecule has 3 rings (SSSR count). The van der Waals surface area contributed by atoms with Crippen molar-refractivity contribution in [2.75, 3.05) is 32.8 Å². The third-order valence-electron chi connectivity index (χ3n) is 4.94. The molecule has 2 fully saturated rings. The highest BCUT2D eigenvalue weighted by atomic mass is 16.5. The molecule has 2 heterocycles. The van der Waals surface area contributed by atoms with Crippen LogP contribution in [0.25, 0.3) is 0 Å². The minimum atomic E-state index is -0.503. The van der Waals surface area contributed by atoms with E-state index in [1.807, 2.05) is 30.3 Å². The minimum Gasteiger partial charge on any atom is -0.391 e. The highest BCUT2D eigenvalue weighted by Gasteiger charge is 2.41. The Morgan fingerprint density at radius 1 is 1.27 bits per heavy atom. The van der Waals surface area contributed by atoms with Crippen molar-refractivity contribution in [2.24, 2.45) is 5.92 Å². The maximum Gasteiger partial charge on any atom is 0.230 e. The number of carbonyl (C=O) groups is 1. The monoisotopic (exact) mass is 304 g/mol. The fourth-order valence-corrected chi connectivity index (χ4v) is 3.44. The molecule has 2 aliphatic rings. The summed E-state index contributed by atoms with van der Waals surface area (Å²) in [4.78, 5) is 12.9. The summed E-state index contributed by atoms with van der Waals surface area (Å²) in [5, 5.41) is 16.1. The number of nitrogens with one attached hydrogen (secondary N) is 2. The summed E-state index contributed by atoms with van der Waals surface area (Å²) >= 11 is 0. The van der Waals surface area contributed by atoms with Crippen LogP contribution in [0, 0.1) is 5.92 Å². The number of benzene rings is 1. The maximum absolute atomic E-state index is 12.9. The van der Waals surface area contributed by atoms with E-state index in [1.54, 1.807) is 0 Å². The number of ether oxygens (including phenoxy) is 1. The topological polar surface area (TPSA) is 70.6 Å². The first-order chi connectivity index (χ1) is 10.7. The van der Waals surface area contributed by atoms with Crippen molar-refractivity contribution in [1.82, 2.24) is 10.6 Å². The second-order valence-corrected chi connectivity index (χ2v) is 6.26. The van der Waals surface area contributed by atoms with E-state index in [1.165, 1.54) is 0 Å². The molecule has 120 valence electrons. The standard InChI is InChI=1S/C17H24N2O3/c20-15-12-18-10-13(15)11-19-16(21)17(6-8-22-9-7-17)14-4-2-1-3-5-14/h1-5,13,15,18,20H,6-12H2,(H,19,21). The minimum absolute atomic E-state index is 0.0566. The van der Waals surface area contributed by atoms with Gasteiger partial charge in [-0.2, -0.15) is 0 Å². The Hall–Kier alpha value is -1.43. The molecule has 22 heavy (non-hydrogen) atoms. The lowest BCUT2D eigenvalue weighted by molar-refractivity contribution is -0.130. The summed E-state index contributed by atoms with van der Waals surface area (Å²) in [5.74, 6) is 0.151. The number of β-amino-alcohol motifs (C(OH)–C–C–N with tert-alkyl or cyclic N) is 1. The zero-order chi connectivity index (χ0) is 15.4. The molecular weight excluding hydrogens is 280 g/mol. The lowest BCUT2D eigenvalue weighted by atomic mass is 9.73. The van der Waals surface area contributed by atoms with Crippen LogP contribution in [0.1, 0.15) is 18.4 Å². The van der Waals surface area contributed by atoms with Crippen LogP contribution in [0.4, 0.5) is 0 Å². The van der Waals surface area contributed by atoms with Gasteiger partial charge in [0.1, 0.15) is 0 Å². The zero-order valence-corrected chi connectivity index (χ0v) is 12.8. The van der Waals surface area contributed by atoms with Gasteiger partial charge in [0.05, 0.1) is 11.5 Å². The Morgan fingerprint density at radius 2 is 2.00 bits per heavy atom. The van der Waals surface area contributed by atoms with E-state index in [0.29, 0.717) is 39.1 Å². The first-order valence-corrected chi connectivity index (χ1v) is 8.03. The molecular formula is C17H24N2O3. The van der Waals surface area contributed by atoms with E-state index < -0.39 is 5.41 Å². The lowest BCUT2D eigenvalue weighted by Gasteiger charge is -2.36. The molecule has 1 aromatic carbocycles. The molecule has 5 nitrogen and oxygen atoms in total. The first kappa shape index (κ1) is 15.5. The third-order valence-corrected chi connectivity index (χ3v) is 4.94. The van der Waals surface area contributed by atoms with Crippen LogP contribution in [0.15, 0.2) is 30.3 Å². The molecule has 0 spiro atoms. The Labute approximate surface area is 131 Å². The second-order valence-electron chi connectivity index (χ2n) is 6.26. The van der Waals surface area contributed by atoms with Crippen molar-refractivity contribution in [1.29, 1.82) is 0 Å². The molecule has 5 heteroatoms. The van der Waals surface area contributed by atoms with Gasteiger partial charge < -0.3 is 20.5 Å². The molecule has 0 saturated carbocycles. The van der Waals surface area contributed by atoms with Gasteiger partial charge in [-0.05, 0) is 18.4 Å². The van der Waals surface area contributed by atoms with Gasteiger partial charge in [0.15, 0.2) is 0 Å². The SMILES string of the molecule is O=C(NCC1CNCC1O)C1(c2ccccc2)CCOCC1. The Bertz CT molecular complexity index is 500. The quantitative estimate of drug-likeness (QED) is 0.754. The van der Waals surface area contributed by atoms with Gasteiger partial charge in [-0.25, -0.2) is 0 Å². The molecule has 1 aromatic rings. The van der Waals surface area contributed by atoms with Gasteiger partial charge in [-0.3, -0.25) is 4.79 Å². The fourth-order valence-electron chi connectivity index (χ4n) is 3.44. The first-order valence-electron chi connectivity index (χ1n) is 8.03. The summed E-state index contributed by atoms with van der Waals surface area (Å²) in [6.45, 7) is 3.09. The van der Waals surface area contributed by atoms with Crippen LogP contribution in [0.3, 0.4) is 0 Å². The molecule has 0 aliphatic carbocycles. The number of hydrogen-bond donors (Lipinski definition) is 3. The van der Waals surface area contributed by atoms with E-state index in [4.69, 9.17) is 4.74 Å². The second kappa shape index (κ2) is 6.77. The number of amides is 1. The zero-order valence-electron chi connectivity index (χ0n) is 12.8. The van der Waals surface area contributed by atoms with Crippen LogP contribution in [0.5, 0.6) is 0 Å². The number of aliphatic hydroxyl groups excluding tert-OH is 1. The van der Waals surface area contributed by atoms with E-state index >= 15 is 0 Å². The summed E-state index contributed by atoms with van der Waals surface area (Å²) < 4.78 is 5.46. The number of carbonyl (C=O) groups excluding carboxylic acids is 1. The molecule has 2 atom stereocenters. The molecule has 0 radical (unpaired) electrons. The molecule has 0 aromatic heterocycles. The van der Waals surface area contributed by atoms with Crippen molar-refractivity contribution in [3.63, 3.8) is 0 Å². The number of rotatable bonds is 4. The average Bonchev–Trinajstić information content (AvgIpc) is 2.99. The lowest BCUT2D eigenvalue weighted by Crippen LogP contribution is -2.49. The maximum atomic E-state index is 12.9. The average molecular weight is 304 g/mol. The molecule has 3 N–H and O–H groups in total. The Balaban J connectivity index is 1.73. The van der Waals surface area contributed by atoms with Crippen molar-refractivity contribution < 1.29 is 14.6 Å². The fraction of sp³-hybridized carbons (Fsp3) is 0.588. The van der Waals surface area contributed by atoms with Crippen LogP contribution in [-0.2, 0) is 14.9 Å². The molecule has 1 amide bonds. The highest BCUT2D eigenvalue weighted by Crippen LogP contribution is 2.35. The molecule has 2 unspecified atom stereocenters. The molecule has 2 aliphatic heterocycles. The van der Waals surface area contributed by atoms with E-state index in [-0.39, 0.29) is 17.9 Å². The Morgan fingerprint density at radius 3 is 2.64 bits per heavy atom. The van der Waals surface area contributed by atoms with E-state index in [0.717, 1.165) is 12.1 Å². The third kappa shape index (κ3) is 3.02. The smallest absolute Gasteiger partial charge is 0.230 e. The van der Waals surface area contributed by atoms with Gasteiger partial charge in [-0.15, -0.1) is 0 Å². The van der Waals surface area contributed by atoms with Crippen LogP contribution in [0.2, 0.25) is 0 Å². The van der Waals surface area contributed by atoms with E-state index in [2.05, 4.69) is 10.6 Å². The van der Waals surface area contributed by atoms with Gasteiger partial charge in [0.25, 0.3) is 0 Å². The summed E-state index contributed by atoms with van der Waals surface area (Å²) in [6, 6.07) is 9.97. The predicted octanol–water partition coefficient (Wildman–Crippen LogP) is 0.431. The van der Waals surface area contributed by atoms with Gasteiger partial charge >= 0.3 is 0 Å². The predicted molar refractivity (Wildman–Crippen MR) is 83.5 cm³/mol. The van der Waals surface area contributed by atoms with Crippen LogP contribution >= 0.6 is 0 Å². The van der Waals surface area contributed by atoms with Crippen molar-refractivity contribution in [2.45, 2.75) is 24.4 Å². The normalized spacial score (nSPS) is 27.5.